The van der Waals surface area contributed by atoms with Gasteiger partial charge in [-0.15, -0.1) is 5.10 Å². The summed E-state index contributed by atoms with van der Waals surface area (Å²) in [6.07, 6.45) is -0.515. The first kappa shape index (κ1) is 10.1. The summed E-state index contributed by atoms with van der Waals surface area (Å²) in [6.45, 7) is 1.97. The van der Waals surface area contributed by atoms with E-state index in [4.69, 9.17) is 4.74 Å². The quantitative estimate of drug-likeness (QED) is 0.716. The van der Waals surface area contributed by atoms with Crippen molar-refractivity contribution in [3.8, 4) is 0 Å². The van der Waals surface area contributed by atoms with Gasteiger partial charge in [-0.3, -0.25) is 9.63 Å². The van der Waals surface area contributed by atoms with E-state index in [2.05, 4.69) is 10.5 Å². The molecule has 5 nitrogen and oxygen atoms in total. The Morgan fingerprint density at radius 3 is 2.67 bits per heavy atom. The lowest BCUT2D eigenvalue weighted by atomic mass is 10.1. The molecule has 80 valence electrons. The van der Waals surface area contributed by atoms with Crippen molar-refractivity contribution in [3.63, 3.8) is 0 Å². The smallest absolute Gasteiger partial charge is 0.287 e. The van der Waals surface area contributed by atoms with E-state index in [-0.39, 0.29) is 5.23 Å². The van der Waals surface area contributed by atoms with Gasteiger partial charge in [-0.25, -0.2) is 0 Å². The van der Waals surface area contributed by atoms with Crippen molar-refractivity contribution in [1.82, 2.24) is 5.43 Å². The van der Waals surface area contributed by atoms with Crippen molar-refractivity contribution in [2.45, 2.75) is 13.2 Å². The predicted octanol–water partition coefficient (Wildman–Crippen LogP) is 0.764. The van der Waals surface area contributed by atoms with Crippen LogP contribution in [-0.4, -0.2) is 14.0 Å². The van der Waals surface area contributed by atoms with Crippen LogP contribution in [0.2, 0.25) is 0 Å². The number of hydrogen-bond acceptors (Lipinski definition) is 5. The first-order valence-electron chi connectivity index (χ1n) is 4.32. The molecule has 15 heavy (non-hydrogen) atoms. The van der Waals surface area contributed by atoms with E-state index in [1.54, 1.807) is 0 Å². The largest absolute Gasteiger partial charge is 0.765 e. The number of ether oxygens (including phenoxy) is 1. The van der Waals surface area contributed by atoms with Gasteiger partial charge in [0.2, 0.25) is 6.23 Å². The van der Waals surface area contributed by atoms with Crippen molar-refractivity contribution in [2.75, 3.05) is 0 Å². The van der Waals surface area contributed by atoms with Crippen molar-refractivity contribution >= 4 is 16.3 Å². The predicted molar refractivity (Wildman–Crippen MR) is 54.5 cm³/mol. The molecule has 0 saturated carbocycles. The fourth-order valence-corrected chi connectivity index (χ4v) is 1.53. The fourth-order valence-electron chi connectivity index (χ4n) is 1.23. The van der Waals surface area contributed by atoms with Crippen LogP contribution < -0.4 is 5.43 Å². The average molecular weight is 225 g/mol. The van der Waals surface area contributed by atoms with Crippen LogP contribution in [-0.2, 0) is 15.8 Å². The molecule has 1 aromatic rings. The Balaban J connectivity index is 2.10. The topological polar surface area (TPSA) is 73.8 Å². The molecule has 0 amide bonds. The average Bonchev–Trinajstić information content (AvgIpc) is 2.68. The number of rotatable bonds is 1. The van der Waals surface area contributed by atoms with Gasteiger partial charge in [0, 0.05) is 16.6 Å². The fraction of sp³-hybridized carbons (Fsp3) is 0.222. The molecule has 0 fully saturated rings. The maximum atomic E-state index is 10.5. The van der Waals surface area contributed by atoms with Gasteiger partial charge in [0.15, 0.2) is 0 Å². The number of benzene rings is 1. The van der Waals surface area contributed by atoms with Crippen molar-refractivity contribution < 1.29 is 13.5 Å². The van der Waals surface area contributed by atoms with Gasteiger partial charge in [-0.05, 0) is 6.92 Å². The minimum Gasteiger partial charge on any atom is -0.765 e. The molecular weight excluding hydrogens is 216 g/mol. The standard InChI is InChI=1S/C9H10N2O3S/c1-6-2-4-7(5-3-6)8-10-11-9(14-8)15(12)13/h2-5,8,10H,1H3,(H,12,13)/p-1. The van der Waals surface area contributed by atoms with Crippen LogP contribution in [0.3, 0.4) is 0 Å². The second-order valence-corrected chi connectivity index (χ2v) is 3.97. The van der Waals surface area contributed by atoms with Crippen LogP contribution in [0.25, 0.3) is 0 Å². The Kier molecular flexibility index (Phi) is 2.70. The molecule has 2 unspecified atom stereocenters. The van der Waals surface area contributed by atoms with Gasteiger partial charge in [-0.1, -0.05) is 29.8 Å². The summed E-state index contributed by atoms with van der Waals surface area (Å²) in [4.78, 5) is 0. The molecule has 0 aliphatic carbocycles. The maximum absolute atomic E-state index is 10.5. The highest BCUT2D eigenvalue weighted by molar-refractivity contribution is 7.95. The van der Waals surface area contributed by atoms with Crippen LogP contribution >= 0.6 is 0 Å². The van der Waals surface area contributed by atoms with Gasteiger partial charge in [-0.2, -0.15) is 0 Å². The lowest BCUT2D eigenvalue weighted by Crippen LogP contribution is -2.13. The molecule has 1 aliphatic heterocycles. The Morgan fingerprint density at radius 1 is 1.47 bits per heavy atom. The van der Waals surface area contributed by atoms with Crippen LogP contribution in [0.1, 0.15) is 17.4 Å². The monoisotopic (exact) mass is 225 g/mol. The number of aryl methyl sites for hydroxylation is 1. The van der Waals surface area contributed by atoms with E-state index >= 15 is 0 Å². The summed E-state index contributed by atoms with van der Waals surface area (Å²) in [6, 6.07) is 7.57. The molecule has 0 spiro atoms. The van der Waals surface area contributed by atoms with E-state index in [9.17, 15) is 8.76 Å². The molecule has 0 bridgehead atoms. The van der Waals surface area contributed by atoms with Crippen LogP contribution in [0.5, 0.6) is 0 Å². The highest BCUT2D eigenvalue weighted by Crippen LogP contribution is 2.19. The molecule has 1 aliphatic rings. The van der Waals surface area contributed by atoms with Gasteiger partial charge in [0.05, 0.1) is 0 Å². The third kappa shape index (κ3) is 2.16. The lowest BCUT2D eigenvalue weighted by molar-refractivity contribution is 0.195. The second kappa shape index (κ2) is 4.00. The van der Waals surface area contributed by atoms with Crippen molar-refractivity contribution in [1.29, 1.82) is 0 Å². The summed E-state index contributed by atoms with van der Waals surface area (Å²) in [5, 5.41) is 3.24. The zero-order valence-electron chi connectivity index (χ0n) is 7.97. The summed E-state index contributed by atoms with van der Waals surface area (Å²) in [7, 11) is 0. The van der Waals surface area contributed by atoms with E-state index in [1.165, 1.54) is 0 Å². The zero-order chi connectivity index (χ0) is 10.8. The number of nitrogens with one attached hydrogen (secondary N) is 1. The highest BCUT2D eigenvalue weighted by atomic mass is 32.2. The molecule has 2 rings (SSSR count). The minimum atomic E-state index is -2.42. The molecule has 0 aromatic heterocycles. The molecule has 1 heterocycles. The molecular formula is C9H9N2O3S-. The van der Waals surface area contributed by atoms with Crippen LogP contribution in [0.15, 0.2) is 29.4 Å². The second-order valence-electron chi connectivity index (χ2n) is 3.15. The van der Waals surface area contributed by atoms with Crippen molar-refractivity contribution in [2.24, 2.45) is 5.10 Å². The molecule has 1 N–H and O–H groups in total. The van der Waals surface area contributed by atoms with Gasteiger partial charge in [0.25, 0.3) is 5.23 Å². The molecule has 0 radical (unpaired) electrons. The van der Waals surface area contributed by atoms with E-state index < -0.39 is 17.3 Å². The van der Waals surface area contributed by atoms with Gasteiger partial charge < -0.3 is 9.29 Å². The molecule has 6 heteroatoms. The number of nitrogens with zero attached hydrogens (tertiary/aromatic N) is 1. The molecule has 2 atom stereocenters. The molecule has 0 saturated heterocycles. The highest BCUT2D eigenvalue weighted by Gasteiger charge is 2.21. The van der Waals surface area contributed by atoms with E-state index in [1.807, 2.05) is 31.2 Å². The Hall–Kier alpha value is -1.40. The SMILES string of the molecule is Cc1ccc(C2NN=C(S(=O)[O-])O2)cc1. The third-order valence-corrected chi connectivity index (χ3v) is 2.49. The zero-order valence-corrected chi connectivity index (χ0v) is 8.78. The lowest BCUT2D eigenvalue weighted by Gasteiger charge is -2.11. The third-order valence-electron chi connectivity index (χ3n) is 2.01. The number of hydrogen-bond donors (Lipinski definition) is 1. The summed E-state index contributed by atoms with van der Waals surface area (Å²) >= 11 is -2.42. The summed E-state index contributed by atoms with van der Waals surface area (Å²) < 4.78 is 26.1. The Labute approximate surface area is 89.4 Å². The Morgan fingerprint density at radius 2 is 2.13 bits per heavy atom. The number of hydrazone groups is 1. The van der Waals surface area contributed by atoms with E-state index in [0.29, 0.717) is 0 Å². The Bertz CT molecular complexity index is 416. The molecule has 1 aromatic carbocycles. The van der Waals surface area contributed by atoms with E-state index in [0.717, 1.165) is 11.1 Å². The van der Waals surface area contributed by atoms with Gasteiger partial charge in [0.1, 0.15) is 0 Å². The summed E-state index contributed by atoms with van der Waals surface area (Å²) in [5.74, 6) is 0. The minimum absolute atomic E-state index is 0.305. The first-order chi connectivity index (χ1) is 7.16. The normalized spacial score (nSPS) is 21.5. The van der Waals surface area contributed by atoms with Crippen LogP contribution in [0.4, 0.5) is 0 Å². The van der Waals surface area contributed by atoms with Gasteiger partial charge >= 0.3 is 0 Å². The van der Waals surface area contributed by atoms with Crippen molar-refractivity contribution in [3.05, 3.63) is 35.4 Å². The first-order valence-corrected chi connectivity index (χ1v) is 5.40. The summed E-state index contributed by atoms with van der Waals surface area (Å²) in [5.41, 5.74) is 4.56. The van der Waals surface area contributed by atoms with Crippen LogP contribution in [0, 0.1) is 6.92 Å². The maximum Gasteiger partial charge on any atom is 0.287 e.